The van der Waals surface area contributed by atoms with E-state index in [2.05, 4.69) is 0 Å². The second kappa shape index (κ2) is 5.11. The van der Waals surface area contributed by atoms with Crippen LogP contribution in [0.2, 0.25) is 0 Å². The van der Waals surface area contributed by atoms with Crippen molar-refractivity contribution in [2.24, 2.45) is 0 Å². The smallest absolute Gasteiger partial charge is 0.326 e. The van der Waals surface area contributed by atoms with Gasteiger partial charge in [-0.25, -0.2) is 4.79 Å². The molecule has 1 rings (SSSR count). The van der Waals surface area contributed by atoms with Gasteiger partial charge < -0.3 is 15.1 Å². The van der Waals surface area contributed by atoms with Crippen LogP contribution in [0.3, 0.4) is 0 Å². The lowest BCUT2D eigenvalue weighted by Gasteiger charge is -2.23. The van der Waals surface area contributed by atoms with Gasteiger partial charge in [0.2, 0.25) is 5.91 Å². The third-order valence-corrected chi connectivity index (χ3v) is 2.63. The number of carboxylic acid groups (broad SMARTS) is 1. The lowest BCUT2D eigenvalue weighted by molar-refractivity contribution is -0.148. The Morgan fingerprint density at radius 3 is 2.73 bits per heavy atom. The molecule has 1 unspecified atom stereocenters. The topological polar surface area (TPSA) is 77.8 Å². The normalized spacial score (nSPS) is 23.2. The number of aliphatic hydroxyl groups excluding tert-OH is 1. The Bertz CT molecular complexity index is 254. The van der Waals surface area contributed by atoms with Gasteiger partial charge in [0.1, 0.15) is 6.04 Å². The SMILES string of the molecule is CCCC[C@@H](C(=O)O)N1CC(O)CC1=O. The van der Waals surface area contributed by atoms with Gasteiger partial charge in [-0.2, -0.15) is 0 Å². The maximum Gasteiger partial charge on any atom is 0.326 e. The zero-order valence-electron chi connectivity index (χ0n) is 8.85. The van der Waals surface area contributed by atoms with Crippen molar-refractivity contribution in [1.29, 1.82) is 0 Å². The van der Waals surface area contributed by atoms with Crippen molar-refractivity contribution in [3.8, 4) is 0 Å². The largest absolute Gasteiger partial charge is 0.480 e. The molecule has 1 aliphatic rings. The van der Waals surface area contributed by atoms with Crippen molar-refractivity contribution in [3.63, 3.8) is 0 Å². The van der Waals surface area contributed by atoms with Crippen LogP contribution in [0.5, 0.6) is 0 Å². The van der Waals surface area contributed by atoms with Crippen molar-refractivity contribution in [2.75, 3.05) is 6.54 Å². The Hall–Kier alpha value is -1.10. The quantitative estimate of drug-likeness (QED) is 0.687. The molecule has 1 heterocycles. The number of hydrogen-bond donors (Lipinski definition) is 2. The number of unbranched alkanes of at least 4 members (excludes halogenated alkanes) is 1. The molecule has 0 saturated carbocycles. The first-order valence-electron chi connectivity index (χ1n) is 5.26. The molecule has 2 N–H and O–H groups in total. The third-order valence-electron chi connectivity index (χ3n) is 2.63. The number of rotatable bonds is 5. The summed E-state index contributed by atoms with van der Waals surface area (Å²) in [6.07, 6.45) is 1.48. The number of hydrogen-bond acceptors (Lipinski definition) is 3. The predicted molar refractivity (Wildman–Crippen MR) is 53.3 cm³/mol. The van der Waals surface area contributed by atoms with Gasteiger partial charge in [0.05, 0.1) is 12.5 Å². The van der Waals surface area contributed by atoms with E-state index in [9.17, 15) is 14.7 Å². The molecule has 0 radical (unpaired) electrons. The van der Waals surface area contributed by atoms with E-state index in [0.717, 1.165) is 12.8 Å². The molecular weight excluding hydrogens is 198 g/mol. The maximum atomic E-state index is 11.4. The first kappa shape index (κ1) is 12.0. The highest BCUT2D eigenvalue weighted by molar-refractivity contribution is 5.85. The van der Waals surface area contributed by atoms with E-state index in [1.165, 1.54) is 4.90 Å². The lowest BCUT2D eigenvalue weighted by Crippen LogP contribution is -2.42. The number of β-amino-alcohol motifs (C(OH)–C–C–N with tert-alkyl or cyclic N) is 1. The molecule has 5 nitrogen and oxygen atoms in total. The van der Waals surface area contributed by atoms with E-state index >= 15 is 0 Å². The van der Waals surface area contributed by atoms with Gasteiger partial charge in [0, 0.05) is 6.54 Å². The van der Waals surface area contributed by atoms with Crippen LogP contribution < -0.4 is 0 Å². The van der Waals surface area contributed by atoms with Gasteiger partial charge in [-0.3, -0.25) is 4.79 Å². The van der Waals surface area contributed by atoms with Gasteiger partial charge in [0.15, 0.2) is 0 Å². The Labute approximate surface area is 88.7 Å². The fourth-order valence-electron chi connectivity index (χ4n) is 1.82. The lowest BCUT2D eigenvalue weighted by atomic mass is 10.1. The van der Waals surface area contributed by atoms with Crippen molar-refractivity contribution >= 4 is 11.9 Å². The summed E-state index contributed by atoms with van der Waals surface area (Å²) in [4.78, 5) is 23.6. The zero-order valence-corrected chi connectivity index (χ0v) is 8.85. The van der Waals surface area contributed by atoms with E-state index in [1.54, 1.807) is 0 Å². The number of likely N-dealkylation sites (tertiary alicyclic amines) is 1. The van der Waals surface area contributed by atoms with Gasteiger partial charge in [-0.1, -0.05) is 19.8 Å². The molecule has 0 bridgehead atoms. The number of aliphatic hydroxyl groups is 1. The summed E-state index contributed by atoms with van der Waals surface area (Å²) < 4.78 is 0. The summed E-state index contributed by atoms with van der Waals surface area (Å²) in [5.74, 6) is -1.24. The van der Waals surface area contributed by atoms with Gasteiger partial charge in [-0.15, -0.1) is 0 Å². The third kappa shape index (κ3) is 2.92. The summed E-state index contributed by atoms with van der Waals surface area (Å²) in [5, 5.41) is 18.3. The highest BCUT2D eigenvalue weighted by Gasteiger charge is 2.36. The van der Waals surface area contributed by atoms with Gasteiger partial charge in [0.25, 0.3) is 0 Å². The standard InChI is InChI=1S/C10H17NO4/c1-2-3-4-8(10(14)15)11-6-7(12)5-9(11)13/h7-8,12H,2-6H2,1H3,(H,14,15)/t7?,8-/m0/s1. The molecular formula is C10H17NO4. The number of carboxylic acids is 1. The molecule has 1 amide bonds. The number of nitrogens with zero attached hydrogens (tertiary/aromatic N) is 1. The molecule has 1 saturated heterocycles. The van der Waals surface area contributed by atoms with Crippen LogP contribution in [-0.4, -0.2) is 45.7 Å². The minimum atomic E-state index is -0.981. The fourth-order valence-corrected chi connectivity index (χ4v) is 1.82. The van der Waals surface area contributed by atoms with Crippen LogP contribution in [0.1, 0.15) is 32.6 Å². The molecule has 15 heavy (non-hydrogen) atoms. The number of carbonyl (C=O) groups is 2. The van der Waals surface area contributed by atoms with Crippen LogP contribution >= 0.6 is 0 Å². The summed E-state index contributed by atoms with van der Waals surface area (Å²) in [7, 11) is 0. The maximum absolute atomic E-state index is 11.4. The molecule has 0 aromatic heterocycles. The number of aliphatic carboxylic acids is 1. The van der Waals surface area contributed by atoms with E-state index in [0.29, 0.717) is 6.42 Å². The summed E-state index contributed by atoms with van der Waals surface area (Å²) >= 11 is 0. The van der Waals surface area contributed by atoms with Crippen LogP contribution in [0.4, 0.5) is 0 Å². The van der Waals surface area contributed by atoms with Crippen LogP contribution in [0, 0.1) is 0 Å². The first-order chi connectivity index (χ1) is 7.06. The number of carbonyl (C=O) groups excluding carboxylic acids is 1. The second-order valence-corrected chi connectivity index (χ2v) is 3.90. The van der Waals surface area contributed by atoms with Gasteiger partial charge >= 0.3 is 5.97 Å². The Morgan fingerprint density at radius 2 is 2.33 bits per heavy atom. The van der Waals surface area contributed by atoms with Crippen molar-refractivity contribution in [2.45, 2.75) is 44.8 Å². The fraction of sp³-hybridized carbons (Fsp3) is 0.800. The molecule has 1 fully saturated rings. The Morgan fingerprint density at radius 1 is 1.67 bits per heavy atom. The summed E-state index contributed by atoms with van der Waals surface area (Å²) in [6.45, 7) is 2.12. The van der Waals surface area contributed by atoms with E-state index in [-0.39, 0.29) is 18.9 Å². The average Bonchev–Trinajstić information content (AvgIpc) is 2.46. The second-order valence-electron chi connectivity index (χ2n) is 3.90. The van der Waals surface area contributed by atoms with Crippen molar-refractivity contribution < 1.29 is 19.8 Å². The van der Waals surface area contributed by atoms with Crippen molar-refractivity contribution in [3.05, 3.63) is 0 Å². The van der Waals surface area contributed by atoms with E-state index in [1.807, 2.05) is 6.92 Å². The molecule has 5 heteroatoms. The minimum Gasteiger partial charge on any atom is -0.480 e. The van der Waals surface area contributed by atoms with Crippen molar-refractivity contribution in [1.82, 2.24) is 4.90 Å². The highest BCUT2D eigenvalue weighted by atomic mass is 16.4. The van der Waals surface area contributed by atoms with E-state index < -0.39 is 18.1 Å². The predicted octanol–water partition coefficient (Wildman–Crippen LogP) is 0.223. The minimum absolute atomic E-state index is 0.0515. The summed E-state index contributed by atoms with van der Waals surface area (Å²) in [6, 6.07) is -0.769. The monoisotopic (exact) mass is 215 g/mol. The summed E-state index contributed by atoms with van der Waals surface area (Å²) in [5.41, 5.74) is 0. The molecule has 0 aromatic carbocycles. The molecule has 2 atom stereocenters. The van der Waals surface area contributed by atoms with Crippen LogP contribution in [0.15, 0.2) is 0 Å². The Kier molecular flexibility index (Phi) is 4.08. The molecule has 86 valence electrons. The molecule has 0 spiro atoms. The Balaban J connectivity index is 2.63. The first-order valence-corrected chi connectivity index (χ1v) is 5.26. The highest BCUT2D eigenvalue weighted by Crippen LogP contribution is 2.18. The van der Waals surface area contributed by atoms with Gasteiger partial charge in [-0.05, 0) is 6.42 Å². The zero-order chi connectivity index (χ0) is 11.4. The van der Waals surface area contributed by atoms with Crippen LogP contribution in [-0.2, 0) is 9.59 Å². The molecule has 0 aromatic rings. The molecule has 1 aliphatic heterocycles. The average molecular weight is 215 g/mol. The molecule has 0 aliphatic carbocycles. The number of amides is 1. The van der Waals surface area contributed by atoms with Crippen LogP contribution in [0.25, 0.3) is 0 Å². The van der Waals surface area contributed by atoms with E-state index in [4.69, 9.17) is 5.11 Å².